The zero-order valence-corrected chi connectivity index (χ0v) is 14.4. The van der Waals surface area contributed by atoms with Crippen LogP contribution in [0.4, 0.5) is 11.4 Å². The minimum absolute atomic E-state index is 0.164. The molecule has 0 spiro atoms. The lowest BCUT2D eigenvalue weighted by atomic mass is 9.90. The Morgan fingerprint density at radius 1 is 0.920 bits per heavy atom. The Bertz CT molecular complexity index is 830. The first-order valence-electron chi connectivity index (χ1n) is 7.95. The predicted octanol–water partition coefficient (Wildman–Crippen LogP) is 3.33. The van der Waals surface area contributed by atoms with Gasteiger partial charge in [-0.2, -0.15) is 0 Å². The molecule has 1 aliphatic rings. The van der Waals surface area contributed by atoms with Crippen LogP contribution in [0.2, 0.25) is 0 Å². The Morgan fingerprint density at radius 3 is 2.24 bits per heavy atom. The normalized spacial score (nSPS) is 12.6. The first kappa shape index (κ1) is 16.8. The van der Waals surface area contributed by atoms with Gasteiger partial charge in [0, 0.05) is 17.4 Å². The molecule has 130 valence electrons. The van der Waals surface area contributed by atoms with Gasteiger partial charge in [-0.1, -0.05) is 12.1 Å². The fraction of sp³-hybridized carbons (Fsp3) is 0.263. The largest absolute Gasteiger partial charge is 0.454 e. The molecule has 2 aromatic rings. The molecular formula is C19H20N2O4. The van der Waals surface area contributed by atoms with E-state index in [1.807, 2.05) is 25.1 Å². The maximum Gasteiger partial charge on any atom is 0.239 e. The first-order valence-corrected chi connectivity index (χ1v) is 7.95. The lowest BCUT2D eigenvalue weighted by Gasteiger charge is -2.23. The third kappa shape index (κ3) is 3.57. The molecule has 0 aromatic heterocycles. The number of anilines is 2. The van der Waals surface area contributed by atoms with Crippen molar-refractivity contribution in [2.45, 2.75) is 20.8 Å². The minimum atomic E-state index is -1.25. The third-order valence-corrected chi connectivity index (χ3v) is 4.04. The second kappa shape index (κ2) is 6.47. The number of amides is 2. The summed E-state index contributed by atoms with van der Waals surface area (Å²) in [5.41, 5.74) is 0.986. The molecule has 0 aliphatic carbocycles. The van der Waals surface area contributed by atoms with Crippen LogP contribution in [-0.2, 0) is 9.59 Å². The van der Waals surface area contributed by atoms with E-state index in [0.29, 0.717) is 22.9 Å². The van der Waals surface area contributed by atoms with Gasteiger partial charge in [0.05, 0.1) is 0 Å². The van der Waals surface area contributed by atoms with Gasteiger partial charge in [0.2, 0.25) is 18.6 Å². The van der Waals surface area contributed by atoms with Crippen molar-refractivity contribution in [3.8, 4) is 11.5 Å². The molecule has 0 unspecified atom stereocenters. The average molecular weight is 340 g/mol. The molecule has 0 bridgehead atoms. The monoisotopic (exact) mass is 340 g/mol. The average Bonchev–Trinajstić information content (AvgIpc) is 3.02. The SMILES string of the molecule is Cc1cccc(NC(=O)C(C)(C)C(=O)Nc2ccc3c(c2)OCO3)c1. The number of hydrogen-bond acceptors (Lipinski definition) is 4. The Kier molecular flexibility index (Phi) is 4.35. The van der Waals surface area contributed by atoms with Gasteiger partial charge < -0.3 is 20.1 Å². The van der Waals surface area contributed by atoms with Crippen molar-refractivity contribution in [2.75, 3.05) is 17.4 Å². The van der Waals surface area contributed by atoms with Gasteiger partial charge in [-0.15, -0.1) is 0 Å². The van der Waals surface area contributed by atoms with E-state index in [2.05, 4.69) is 10.6 Å². The van der Waals surface area contributed by atoms with Crippen molar-refractivity contribution < 1.29 is 19.1 Å². The smallest absolute Gasteiger partial charge is 0.239 e. The molecular weight excluding hydrogens is 320 g/mol. The number of carbonyl (C=O) groups excluding carboxylic acids is 2. The van der Waals surface area contributed by atoms with Crippen molar-refractivity contribution in [3.63, 3.8) is 0 Å². The third-order valence-electron chi connectivity index (χ3n) is 4.04. The number of ether oxygens (including phenoxy) is 2. The van der Waals surface area contributed by atoms with Crippen LogP contribution >= 0.6 is 0 Å². The molecule has 2 amide bonds. The number of carbonyl (C=O) groups is 2. The lowest BCUT2D eigenvalue weighted by molar-refractivity contribution is -0.135. The Morgan fingerprint density at radius 2 is 1.56 bits per heavy atom. The van der Waals surface area contributed by atoms with Crippen LogP contribution in [0.3, 0.4) is 0 Å². The number of hydrogen-bond donors (Lipinski definition) is 2. The molecule has 0 saturated carbocycles. The zero-order valence-electron chi connectivity index (χ0n) is 14.4. The van der Waals surface area contributed by atoms with E-state index >= 15 is 0 Å². The molecule has 0 saturated heterocycles. The quantitative estimate of drug-likeness (QED) is 0.837. The highest BCUT2D eigenvalue weighted by Crippen LogP contribution is 2.34. The van der Waals surface area contributed by atoms with Gasteiger partial charge in [0.25, 0.3) is 0 Å². The number of rotatable bonds is 4. The van der Waals surface area contributed by atoms with Gasteiger partial charge in [-0.05, 0) is 50.6 Å². The van der Waals surface area contributed by atoms with Crippen LogP contribution in [0.15, 0.2) is 42.5 Å². The van der Waals surface area contributed by atoms with E-state index < -0.39 is 11.3 Å². The fourth-order valence-electron chi connectivity index (χ4n) is 2.37. The number of fused-ring (bicyclic) bond motifs is 1. The standard InChI is InChI=1S/C19H20N2O4/c1-12-5-4-6-13(9-12)20-17(22)19(2,3)18(23)21-14-7-8-15-16(10-14)25-11-24-15/h4-10H,11H2,1-3H3,(H,20,22)(H,21,23). The van der Waals surface area contributed by atoms with Crippen molar-refractivity contribution in [1.29, 1.82) is 0 Å². The minimum Gasteiger partial charge on any atom is -0.454 e. The molecule has 3 rings (SSSR count). The highest BCUT2D eigenvalue weighted by Gasteiger charge is 2.36. The van der Waals surface area contributed by atoms with Gasteiger partial charge in [0.15, 0.2) is 11.5 Å². The van der Waals surface area contributed by atoms with Crippen LogP contribution in [0.1, 0.15) is 19.4 Å². The molecule has 2 aromatic carbocycles. The van der Waals surface area contributed by atoms with Crippen molar-refractivity contribution in [3.05, 3.63) is 48.0 Å². The van der Waals surface area contributed by atoms with Crippen molar-refractivity contribution >= 4 is 23.2 Å². The fourth-order valence-corrected chi connectivity index (χ4v) is 2.37. The van der Waals surface area contributed by atoms with E-state index in [9.17, 15) is 9.59 Å². The van der Waals surface area contributed by atoms with E-state index in [4.69, 9.17) is 9.47 Å². The second-order valence-corrected chi connectivity index (χ2v) is 6.47. The summed E-state index contributed by atoms with van der Waals surface area (Å²) in [6.07, 6.45) is 0. The number of benzene rings is 2. The summed E-state index contributed by atoms with van der Waals surface area (Å²) in [6.45, 7) is 5.27. The summed E-state index contributed by atoms with van der Waals surface area (Å²) < 4.78 is 10.5. The van der Waals surface area contributed by atoms with Gasteiger partial charge in [0.1, 0.15) is 5.41 Å². The first-order chi connectivity index (χ1) is 11.9. The highest BCUT2D eigenvalue weighted by atomic mass is 16.7. The molecule has 6 heteroatoms. The summed E-state index contributed by atoms with van der Waals surface area (Å²) in [5, 5.41) is 5.54. The molecule has 0 atom stereocenters. The van der Waals surface area contributed by atoms with E-state index in [1.165, 1.54) is 0 Å². The summed E-state index contributed by atoms with van der Waals surface area (Å²) in [6, 6.07) is 12.5. The summed E-state index contributed by atoms with van der Waals surface area (Å²) in [5.74, 6) is 0.419. The van der Waals surface area contributed by atoms with Crippen molar-refractivity contribution in [1.82, 2.24) is 0 Å². The van der Waals surface area contributed by atoms with Crippen LogP contribution < -0.4 is 20.1 Å². The number of nitrogens with one attached hydrogen (secondary N) is 2. The van der Waals surface area contributed by atoms with Crippen LogP contribution in [-0.4, -0.2) is 18.6 Å². The highest BCUT2D eigenvalue weighted by molar-refractivity contribution is 6.14. The van der Waals surface area contributed by atoms with Gasteiger partial charge in [-0.3, -0.25) is 9.59 Å². The van der Waals surface area contributed by atoms with E-state index in [-0.39, 0.29) is 12.7 Å². The Hall–Kier alpha value is -3.02. The van der Waals surface area contributed by atoms with E-state index in [1.54, 1.807) is 38.1 Å². The zero-order chi connectivity index (χ0) is 18.0. The molecule has 1 aliphatic heterocycles. The molecule has 0 radical (unpaired) electrons. The predicted molar refractivity (Wildman–Crippen MR) is 94.8 cm³/mol. The van der Waals surface area contributed by atoms with Crippen LogP contribution in [0.25, 0.3) is 0 Å². The molecule has 6 nitrogen and oxygen atoms in total. The molecule has 25 heavy (non-hydrogen) atoms. The maximum absolute atomic E-state index is 12.6. The maximum atomic E-state index is 12.6. The molecule has 1 heterocycles. The van der Waals surface area contributed by atoms with E-state index in [0.717, 1.165) is 5.56 Å². The lowest BCUT2D eigenvalue weighted by Crippen LogP contribution is -2.41. The van der Waals surface area contributed by atoms with Gasteiger partial charge >= 0.3 is 0 Å². The summed E-state index contributed by atoms with van der Waals surface area (Å²) in [7, 11) is 0. The molecule has 2 N–H and O–H groups in total. The second-order valence-electron chi connectivity index (χ2n) is 6.47. The van der Waals surface area contributed by atoms with Crippen LogP contribution in [0, 0.1) is 12.3 Å². The number of aryl methyl sites for hydroxylation is 1. The molecule has 0 fully saturated rings. The Labute approximate surface area is 146 Å². The van der Waals surface area contributed by atoms with Crippen molar-refractivity contribution in [2.24, 2.45) is 5.41 Å². The van der Waals surface area contributed by atoms with Crippen LogP contribution in [0.5, 0.6) is 11.5 Å². The Balaban J connectivity index is 1.70. The summed E-state index contributed by atoms with van der Waals surface area (Å²) >= 11 is 0. The summed E-state index contributed by atoms with van der Waals surface area (Å²) in [4.78, 5) is 25.1. The van der Waals surface area contributed by atoms with Gasteiger partial charge in [-0.25, -0.2) is 0 Å². The topological polar surface area (TPSA) is 76.7 Å².